The number of pyridine rings is 2. The van der Waals surface area contributed by atoms with Gasteiger partial charge < -0.3 is 11.1 Å². The summed E-state index contributed by atoms with van der Waals surface area (Å²) in [7, 11) is 0. The SMILES string of the molecule is C[C@H](Nc1nc(N)ncc1-c1ccncc1)c1cc2cccc(Cl)c2c(=O)n1-c1ccccc1. The summed E-state index contributed by atoms with van der Waals surface area (Å²) in [5, 5.41) is 5.11. The number of benzene rings is 2. The zero-order valence-electron chi connectivity index (χ0n) is 18.3. The second kappa shape index (κ2) is 8.96. The molecule has 0 saturated carbocycles. The fourth-order valence-electron chi connectivity index (χ4n) is 4.03. The molecule has 3 N–H and O–H groups in total. The minimum atomic E-state index is -0.314. The molecule has 0 bridgehead atoms. The van der Waals surface area contributed by atoms with E-state index in [-0.39, 0.29) is 17.5 Å². The van der Waals surface area contributed by atoms with Gasteiger partial charge in [-0.1, -0.05) is 41.9 Å². The van der Waals surface area contributed by atoms with Crippen molar-refractivity contribution in [3.8, 4) is 16.8 Å². The molecule has 5 rings (SSSR count). The molecule has 0 spiro atoms. The van der Waals surface area contributed by atoms with Crippen LogP contribution < -0.4 is 16.6 Å². The number of nitrogen functional groups attached to an aromatic ring is 1. The number of para-hydroxylation sites is 1. The third-order valence-corrected chi connectivity index (χ3v) is 5.95. The number of rotatable bonds is 5. The maximum atomic E-state index is 13.7. The van der Waals surface area contributed by atoms with Crippen LogP contribution in [0.5, 0.6) is 0 Å². The van der Waals surface area contributed by atoms with Gasteiger partial charge in [0.15, 0.2) is 0 Å². The second-order valence-electron chi connectivity index (χ2n) is 7.84. The van der Waals surface area contributed by atoms with Crippen LogP contribution in [0, 0.1) is 0 Å². The minimum Gasteiger partial charge on any atom is -0.368 e. The third-order valence-electron chi connectivity index (χ3n) is 5.63. The van der Waals surface area contributed by atoms with Gasteiger partial charge in [-0.2, -0.15) is 4.98 Å². The number of nitrogens with two attached hydrogens (primary N) is 1. The van der Waals surface area contributed by atoms with Crippen LogP contribution in [0.15, 0.2) is 90.1 Å². The zero-order chi connectivity index (χ0) is 23.7. The molecule has 2 aromatic carbocycles. The highest BCUT2D eigenvalue weighted by molar-refractivity contribution is 6.35. The molecule has 0 fully saturated rings. The van der Waals surface area contributed by atoms with Crippen molar-refractivity contribution < 1.29 is 0 Å². The Kier molecular flexibility index (Phi) is 5.69. The van der Waals surface area contributed by atoms with Gasteiger partial charge in [0.25, 0.3) is 5.56 Å². The van der Waals surface area contributed by atoms with E-state index >= 15 is 0 Å². The zero-order valence-corrected chi connectivity index (χ0v) is 19.1. The van der Waals surface area contributed by atoms with E-state index in [0.29, 0.717) is 16.2 Å². The highest BCUT2D eigenvalue weighted by atomic mass is 35.5. The van der Waals surface area contributed by atoms with E-state index in [2.05, 4.69) is 20.3 Å². The fourth-order valence-corrected chi connectivity index (χ4v) is 4.29. The molecule has 0 aliphatic carbocycles. The van der Waals surface area contributed by atoms with Crippen molar-refractivity contribution in [1.82, 2.24) is 19.5 Å². The van der Waals surface area contributed by atoms with Crippen LogP contribution in [0.3, 0.4) is 0 Å². The molecule has 3 aromatic heterocycles. The summed E-state index contributed by atoms with van der Waals surface area (Å²) in [5.41, 5.74) is 8.90. The molecule has 34 heavy (non-hydrogen) atoms. The van der Waals surface area contributed by atoms with E-state index < -0.39 is 0 Å². The standard InChI is InChI=1S/C26H21ClN6O/c1-16(31-24-20(15-30-26(28)32-24)17-10-12-29-13-11-17)22-14-18-6-5-9-21(27)23(18)25(34)33(22)19-7-3-2-4-8-19/h2-16H,1H3,(H3,28,30,31,32)/t16-/m0/s1. The molecular formula is C26H21ClN6O. The average molecular weight is 469 g/mol. The number of anilines is 2. The molecule has 0 saturated heterocycles. The summed E-state index contributed by atoms with van der Waals surface area (Å²) in [6.45, 7) is 1.97. The summed E-state index contributed by atoms with van der Waals surface area (Å²) in [6, 6.07) is 20.4. The largest absolute Gasteiger partial charge is 0.368 e. The maximum absolute atomic E-state index is 13.7. The molecule has 7 nitrogen and oxygen atoms in total. The average Bonchev–Trinajstić information content (AvgIpc) is 2.85. The number of nitrogens with zero attached hydrogens (tertiary/aromatic N) is 4. The van der Waals surface area contributed by atoms with Gasteiger partial charge in [-0.05, 0) is 54.3 Å². The van der Waals surface area contributed by atoms with E-state index in [4.69, 9.17) is 17.3 Å². The quantitative estimate of drug-likeness (QED) is 0.365. The van der Waals surface area contributed by atoms with E-state index in [1.807, 2.05) is 67.6 Å². The van der Waals surface area contributed by atoms with Gasteiger partial charge in [-0.25, -0.2) is 4.98 Å². The third kappa shape index (κ3) is 3.97. The van der Waals surface area contributed by atoms with Gasteiger partial charge in [-0.3, -0.25) is 14.3 Å². The van der Waals surface area contributed by atoms with Crippen molar-refractivity contribution >= 4 is 34.1 Å². The molecule has 0 aliphatic heterocycles. The fraction of sp³-hybridized carbons (Fsp3) is 0.0769. The summed E-state index contributed by atoms with van der Waals surface area (Å²) in [4.78, 5) is 26.4. The number of halogens is 1. The first kappa shape index (κ1) is 21.6. The van der Waals surface area contributed by atoms with Gasteiger partial charge in [0.1, 0.15) is 5.82 Å². The normalized spacial score (nSPS) is 11.9. The van der Waals surface area contributed by atoms with Gasteiger partial charge >= 0.3 is 0 Å². The molecule has 0 unspecified atom stereocenters. The Hall–Kier alpha value is -4.23. The highest BCUT2D eigenvalue weighted by Gasteiger charge is 2.19. The Balaban J connectivity index is 1.68. The minimum absolute atomic E-state index is 0.151. The molecule has 8 heteroatoms. The van der Waals surface area contributed by atoms with Crippen LogP contribution in [0.1, 0.15) is 18.7 Å². The van der Waals surface area contributed by atoms with Crippen molar-refractivity contribution in [3.63, 3.8) is 0 Å². The summed E-state index contributed by atoms with van der Waals surface area (Å²) in [6.07, 6.45) is 5.09. The molecule has 1 atom stereocenters. The van der Waals surface area contributed by atoms with Crippen molar-refractivity contribution in [1.29, 1.82) is 0 Å². The van der Waals surface area contributed by atoms with Gasteiger partial charge in [0.05, 0.1) is 16.5 Å². The molecule has 0 amide bonds. The lowest BCUT2D eigenvalue weighted by atomic mass is 10.1. The van der Waals surface area contributed by atoms with Gasteiger partial charge in [0, 0.05) is 35.5 Å². The van der Waals surface area contributed by atoms with E-state index in [9.17, 15) is 4.79 Å². The van der Waals surface area contributed by atoms with Gasteiger partial charge in [-0.15, -0.1) is 0 Å². The van der Waals surface area contributed by atoms with Crippen LogP contribution in [0.4, 0.5) is 11.8 Å². The van der Waals surface area contributed by atoms with Gasteiger partial charge in [0.2, 0.25) is 5.95 Å². The first-order chi connectivity index (χ1) is 16.5. The Morgan fingerprint density at radius 3 is 2.56 bits per heavy atom. The number of aromatic nitrogens is 4. The maximum Gasteiger partial charge on any atom is 0.264 e. The topological polar surface area (TPSA) is 98.7 Å². The van der Waals surface area contributed by atoms with Crippen LogP contribution in [0.2, 0.25) is 5.02 Å². The number of fused-ring (bicyclic) bond motifs is 1. The lowest BCUT2D eigenvalue weighted by molar-refractivity contribution is 0.773. The lowest BCUT2D eigenvalue weighted by Gasteiger charge is -2.22. The summed E-state index contributed by atoms with van der Waals surface area (Å²) >= 11 is 6.42. The Labute approximate surface area is 200 Å². The predicted octanol–water partition coefficient (Wildman–Crippen LogP) is 5.25. The molecule has 0 aliphatic rings. The first-order valence-corrected chi connectivity index (χ1v) is 11.1. The van der Waals surface area contributed by atoms with E-state index in [1.165, 1.54) is 0 Å². The lowest BCUT2D eigenvalue weighted by Crippen LogP contribution is -2.26. The van der Waals surface area contributed by atoms with Crippen molar-refractivity contribution in [2.75, 3.05) is 11.1 Å². The number of nitrogens with one attached hydrogen (secondary N) is 1. The Bertz CT molecular complexity index is 1540. The van der Waals surface area contributed by atoms with Crippen molar-refractivity contribution in [3.05, 3.63) is 106 Å². The van der Waals surface area contributed by atoms with Crippen molar-refractivity contribution in [2.24, 2.45) is 0 Å². The summed E-state index contributed by atoms with van der Waals surface area (Å²) in [5.74, 6) is 0.711. The number of hydrogen-bond acceptors (Lipinski definition) is 6. The first-order valence-electron chi connectivity index (χ1n) is 10.7. The highest BCUT2D eigenvalue weighted by Crippen LogP contribution is 2.31. The molecule has 3 heterocycles. The Morgan fingerprint density at radius 1 is 1.03 bits per heavy atom. The van der Waals surface area contributed by atoms with Crippen LogP contribution >= 0.6 is 11.6 Å². The van der Waals surface area contributed by atoms with Crippen LogP contribution in [0.25, 0.3) is 27.6 Å². The second-order valence-corrected chi connectivity index (χ2v) is 8.25. The molecule has 5 aromatic rings. The monoisotopic (exact) mass is 468 g/mol. The van der Waals surface area contributed by atoms with Crippen molar-refractivity contribution in [2.45, 2.75) is 13.0 Å². The molecule has 168 valence electrons. The predicted molar refractivity (Wildman–Crippen MR) is 136 cm³/mol. The summed E-state index contributed by atoms with van der Waals surface area (Å²) < 4.78 is 1.68. The Morgan fingerprint density at radius 2 is 1.79 bits per heavy atom. The molecule has 0 radical (unpaired) electrons. The number of hydrogen-bond donors (Lipinski definition) is 2. The smallest absolute Gasteiger partial charge is 0.264 e. The van der Waals surface area contributed by atoms with Crippen LogP contribution in [-0.2, 0) is 0 Å². The molecular weight excluding hydrogens is 448 g/mol. The van der Waals surface area contributed by atoms with Crippen LogP contribution in [-0.4, -0.2) is 19.5 Å². The van der Waals surface area contributed by atoms with E-state index in [1.54, 1.807) is 29.2 Å². The van der Waals surface area contributed by atoms with E-state index in [0.717, 1.165) is 27.9 Å².